The van der Waals surface area contributed by atoms with Crippen LogP contribution in [0.4, 0.5) is 0 Å². The first-order chi connectivity index (χ1) is 10.1. The molecule has 0 spiro atoms. The molecule has 3 rings (SSSR count). The van der Waals surface area contributed by atoms with Crippen molar-refractivity contribution in [1.82, 2.24) is 14.5 Å². The Morgan fingerprint density at radius 3 is 2.64 bits per heavy atom. The third-order valence-corrected chi connectivity index (χ3v) is 5.65. The van der Waals surface area contributed by atoms with E-state index in [1.54, 1.807) is 10.9 Å². The van der Waals surface area contributed by atoms with Crippen LogP contribution in [0, 0.1) is 5.92 Å². The van der Waals surface area contributed by atoms with Crippen molar-refractivity contribution in [2.45, 2.75) is 42.7 Å². The van der Waals surface area contributed by atoms with E-state index in [1.807, 2.05) is 0 Å². The second-order valence-corrected chi connectivity index (χ2v) is 7.51. The number of nitrogens with two attached hydrogens (primary N) is 1. The maximum atomic E-state index is 12.4. The highest BCUT2D eigenvalue weighted by Gasteiger charge is 2.34. The molecule has 3 N–H and O–H groups in total. The van der Waals surface area contributed by atoms with Gasteiger partial charge in [0.15, 0.2) is 0 Å². The van der Waals surface area contributed by atoms with Crippen molar-refractivity contribution in [3.63, 3.8) is 0 Å². The minimum atomic E-state index is -3.54. The smallest absolute Gasteiger partial charge is 0.243 e. The molecule has 0 radical (unpaired) electrons. The first kappa shape index (κ1) is 17.7. The number of aromatic nitrogens is 2. The normalized spacial score (nSPS) is 21.3. The number of halogens is 1. The molecule has 9 heteroatoms. The van der Waals surface area contributed by atoms with E-state index >= 15 is 0 Å². The number of nitrogens with one attached hydrogen (secondary N) is 1. The summed E-state index contributed by atoms with van der Waals surface area (Å²) in [6.07, 6.45) is 6.85. The molecule has 1 aliphatic heterocycles. The van der Waals surface area contributed by atoms with Crippen molar-refractivity contribution in [2.24, 2.45) is 11.7 Å². The van der Waals surface area contributed by atoms with Crippen LogP contribution in [0.15, 0.2) is 17.3 Å². The Hall–Kier alpha value is -0.670. The maximum absolute atomic E-state index is 12.4. The Balaban J connectivity index is 0.00000176. The number of ether oxygens (including phenoxy) is 1. The second-order valence-electron chi connectivity index (χ2n) is 5.80. The van der Waals surface area contributed by atoms with E-state index < -0.39 is 10.0 Å². The van der Waals surface area contributed by atoms with Crippen molar-refractivity contribution < 1.29 is 13.2 Å². The number of nitrogens with zero attached hydrogens (tertiary/aromatic N) is 2. The summed E-state index contributed by atoms with van der Waals surface area (Å²) in [5.41, 5.74) is 5.66. The van der Waals surface area contributed by atoms with E-state index in [-0.39, 0.29) is 29.4 Å². The number of rotatable bonds is 6. The van der Waals surface area contributed by atoms with Crippen LogP contribution in [0.25, 0.3) is 0 Å². The fraction of sp³-hybridized carbons (Fsp3) is 0.769. The fourth-order valence-electron chi connectivity index (χ4n) is 2.71. The van der Waals surface area contributed by atoms with Crippen LogP contribution in [-0.4, -0.2) is 44.0 Å². The van der Waals surface area contributed by atoms with Gasteiger partial charge in [-0.25, -0.2) is 13.1 Å². The first-order valence-corrected chi connectivity index (χ1v) is 8.93. The monoisotopic (exact) mass is 350 g/mol. The zero-order valence-corrected chi connectivity index (χ0v) is 14.0. The van der Waals surface area contributed by atoms with E-state index in [0.717, 1.165) is 25.7 Å². The minimum absolute atomic E-state index is 0. The van der Waals surface area contributed by atoms with Gasteiger partial charge in [-0.3, -0.25) is 4.68 Å². The molecule has 2 aliphatic rings. The number of sulfonamides is 1. The molecule has 1 saturated carbocycles. The quantitative estimate of drug-likeness (QED) is 0.785. The molecule has 22 heavy (non-hydrogen) atoms. The molecule has 0 bridgehead atoms. The van der Waals surface area contributed by atoms with Crippen LogP contribution in [0.5, 0.6) is 0 Å². The molecule has 2 heterocycles. The fourth-order valence-corrected chi connectivity index (χ4v) is 3.97. The summed E-state index contributed by atoms with van der Waals surface area (Å²) in [5, 5.41) is 4.21. The maximum Gasteiger partial charge on any atom is 0.243 e. The van der Waals surface area contributed by atoms with Crippen molar-refractivity contribution in [2.75, 3.05) is 19.8 Å². The Labute approximate surface area is 137 Å². The molecule has 126 valence electrons. The van der Waals surface area contributed by atoms with Gasteiger partial charge in [0.05, 0.1) is 12.2 Å². The molecule has 2 fully saturated rings. The average molecular weight is 351 g/mol. The molecule has 7 nitrogen and oxygen atoms in total. The summed E-state index contributed by atoms with van der Waals surface area (Å²) in [4.78, 5) is 0.216. The highest BCUT2D eigenvalue weighted by atomic mass is 35.5. The number of hydrogen-bond donors (Lipinski definition) is 2. The zero-order chi connectivity index (χ0) is 14.9. The zero-order valence-electron chi connectivity index (χ0n) is 12.3. The van der Waals surface area contributed by atoms with Gasteiger partial charge in [-0.05, 0) is 31.6 Å². The Kier molecular flexibility index (Phi) is 5.84. The van der Waals surface area contributed by atoms with Gasteiger partial charge in [0.2, 0.25) is 10.0 Å². The van der Waals surface area contributed by atoms with Gasteiger partial charge >= 0.3 is 0 Å². The van der Waals surface area contributed by atoms with E-state index in [0.29, 0.717) is 25.7 Å². The Morgan fingerprint density at radius 1 is 1.36 bits per heavy atom. The van der Waals surface area contributed by atoms with Crippen LogP contribution in [0.2, 0.25) is 0 Å². The summed E-state index contributed by atoms with van der Waals surface area (Å²) < 4.78 is 34.5. The topological polar surface area (TPSA) is 99.2 Å². The molecule has 0 amide bonds. The van der Waals surface area contributed by atoms with Crippen molar-refractivity contribution in [3.05, 3.63) is 12.4 Å². The summed E-state index contributed by atoms with van der Waals surface area (Å²) in [7, 11) is -3.54. The highest BCUT2D eigenvalue weighted by Crippen LogP contribution is 2.33. The second kappa shape index (κ2) is 7.27. The molecule has 1 atom stereocenters. The van der Waals surface area contributed by atoms with Crippen LogP contribution in [0.3, 0.4) is 0 Å². The standard InChI is InChI=1S/C13H22N4O3S.ClH/c14-7-13(10-1-2-10)16-21(18,19)12-8-15-17(9-12)11-3-5-20-6-4-11;/h8-11,13,16H,1-7,14H2;1H. The van der Waals surface area contributed by atoms with Crippen molar-refractivity contribution >= 4 is 22.4 Å². The largest absolute Gasteiger partial charge is 0.381 e. The summed E-state index contributed by atoms with van der Waals surface area (Å²) in [6, 6.07) is 0.0536. The van der Waals surface area contributed by atoms with Crippen molar-refractivity contribution in [1.29, 1.82) is 0 Å². The van der Waals surface area contributed by atoms with Crippen LogP contribution in [-0.2, 0) is 14.8 Å². The first-order valence-electron chi connectivity index (χ1n) is 7.44. The van der Waals surface area contributed by atoms with E-state index in [1.165, 1.54) is 6.20 Å². The van der Waals surface area contributed by atoms with Crippen LogP contribution in [0.1, 0.15) is 31.7 Å². The molecular formula is C13H23ClN4O3S. The van der Waals surface area contributed by atoms with Crippen molar-refractivity contribution in [3.8, 4) is 0 Å². The molecule has 1 saturated heterocycles. The highest BCUT2D eigenvalue weighted by molar-refractivity contribution is 7.89. The van der Waals surface area contributed by atoms with Crippen LogP contribution < -0.4 is 10.5 Å². The van der Waals surface area contributed by atoms with Gasteiger partial charge < -0.3 is 10.5 Å². The third-order valence-electron chi connectivity index (χ3n) is 4.20. The van der Waals surface area contributed by atoms with Crippen LogP contribution >= 0.6 is 12.4 Å². The average Bonchev–Trinajstić information content (AvgIpc) is 3.21. The third kappa shape index (κ3) is 3.99. The molecule has 1 unspecified atom stereocenters. The van der Waals surface area contributed by atoms with Gasteiger partial charge in [-0.1, -0.05) is 0 Å². The van der Waals surface area contributed by atoms with Gasteiger partial charge in [-0.2, -0.15) is 5.10 Å². The van der Waals surface area contributed by atoms with Gasteiger partial charge in [0, 0.05) is 32.0 Å². The van der Waals surface area contributed by atoms with E-state index in [9.17, 15) is 8.42 Å². The Morgan fingerprint density at radius 2 is 2.05 bits per heavy atom. The Bertz CT molecular complexity index is 582. The predicted molar refractivity (Wildman–Crippen MR) is 84.5 cm³/mol. The number of hydrogen-bond acceptors (Lipinski definition) is 5. The van der Waals surface area contributed by atoms with E-state index in [2.05, 4.69) is 9.82 Å². The molecular weight excluding hydrogens is 328 g/mol. The lowest BCUT2D eigenvalue weighted by molar-refractivity contribution is 0.0662. The van der Waals surface area contributed by atoms with Gasteiger partial charge in [-0.15, -0.1) is 12.4 Å². The minimum Gasteiger partial charge on any atom is -0.381 e. The lowest BCUT2D eigenvalue weighted by Crippen LogP contribution is -2.41. The predicted octanol–water partition coefficient (Wildman–Crippen LogP) is 0.672. The lowest BCUT2D eigenvalue weighted by Gasteiger charge is -2.22. The summed E-state index contributed by atoms with van der Waals surface area (Å²) in [6.45, 7) is 1.72. The van der Waals surface area contributed by atoms with Gasteiger partial charge in [0.25, 0.3) is 0 Å². The molecule has 1 aromatic rings. The summed E-state index contributed by atoms with van der Waals surface area (Å²) >= 11 is 0. The van der Waals surface area contributed by atoms with Gasteiger partial charge in [0.1, 0.15) is 4.90 Å². The summed E-state index contributed by atoms with van der Waals surface area (Å²) in [5.74, 6) is 0.385. The SMILES string of the molecule is Cl.NCC(NS(=O)(=O)c1cnn(C2CCOCC2)c1)C1CC1. The van der Waals surface area contributed by atoms with E-state index in [4.69, 9.17) is 10.5 Å². The molecule has 1 aromatic heterocycles. The molecule has 0 aromatic carbocycles. The molecule has 1 aliphatic carbocycles. The lowest BCUT2D eigenvalue weighted by atomic mass is 10.1.